The molecule has 1 aliphatic heterocycles. The Bertz CT molecular complexity index is 527. The molecule has 2 fully saturated rings. The van der Waals surface area contributed by atoms with Crippen LogP contribution in [0.1, 0.15) is 75.0 Å². The molecule has 3 aliphatic rings. The van der Waals surface area contributed by atoms with Gasteiger partial charge in [0.15, 0.2) is 0 Å². The minimum Gasteiger partial charge on any atom is -0.497 e. The van der Waals surface area contributed by atoms with Gasteiger partial charge in [0.2, 0.25) is 0 Å². The van der Waals surface area contributed by atoms with Crippen LogP contribution in [0.25, 0.3) is 0 Å². The van der Waals surface area contributed by atoms with Gasteiger partial charge in [0, 0.05) is 18.0 Å². The van der Waals surface area contributed by atoms with E-state index in [9.17, 15) is 0 Å². The number of ether oxygens (including phenoxy) is 1. The van der Waals surface area contributed by atoms with E-state index in [1.54, 1.807) is 18.2 Å². The van der Waals surface area contributed by atoms with Crippen LogP contribution in [0, 0.1) is 5.92 Å². The number of fused-ring (bicyclic) bond motifs is 2. The highest BCUT2D eigenvalue weighted by Gasteiger charge is 2.43. The Balaban J connectivity index is 1.73. The lowest BCUT2D eigenvalue weighted by Gasteiger charge is -2.44. The molecule has 1 heterocycles. The van der Waals surface area contributed by atoms with Gasteiger partial charge < -0.3 is 10.1 Å². The minimum atomic E-state index is 0.384. The molecule has 120 valence electrons. The number of nitrogens with one attached hydrogen (secondary N) is 1. The summed E-state index contributed by atoms with van der Waals surface area (Å²) in [6.45, 7) is 1.17. The van der Waals surface area contributed by atoms with Gasteiger partial charge in [-0.3, -0.25) is 0 Å². The molecule has 2 saturated carbocycles. The van der Waals surface area contributed by atoms with Gasteiger partial charge in [-0.1, -0.05) is 38.2 Å². The summed E-state index contributed by atoms with van der Waals surface area (Å²) in [6, 6.07) is 7.47. The normalized spacial score (nSPS) is 27.8. The van der Waals surface area contributed by atoms with E-state index in [4.69, 9.17) is 4.74 Å². The zero-order chi connectivity index (χ0) is 15.0. The first-order valence-electron chi connectivity index (χ1n) is 9.24. The van der Waals surface area contributed by atoms with Gasteiger partial charge in [-0.05, 0) is 54.9 Å². The maximum absolute atomic E-state index is 5.54. The second-order valence-electron chi connectivity index (χ2n) is 7.70. The summed E-state index contributed by atoms with van der Waals surface area (Å²) in [6.07, 6.45) is 12.5. The van der Waals surface area contributed by atoms with Crippen molar-refractivity contribution in [2.45, 2.75) is 69.2 Å². The lowest BCUT2D eigenvalue weighted by Crippen LogP contribution is -2.46. The van der Waals surface area contributed by atoms with Crippen LogP contribution in [0.3, 0.4) is 0 Å². The van der Waals surface area contributed by atoms with E-state index < -0.39 is 0 Å². The molecule has 2 heteroatoms. The highest BCUT2D eigenvalue weighted by molar-refractivity contribution is 5.45. The maximum Gasteiger partial charge on any atom is 0.119 e. The smallest absolute Gasteiger partial charge is 0.119 e. The number of hydrogen-bond acceptors (Lipinski definition) is 2. The highest BCUT2D eigenvalue weighted by Crippen LogP contribution is 2.49. The van der Waals surface area contributed by atoms with Crippen LogP contribution in [-0.2, 0) is 5.41 Å². The molecule has 22 heavy (non-hydrogen) atoms. The first-order chi connectivity index (χ1) is 10.8. The predicted octanol–water partition coefficient (Wildman–Crippen LogP) is 4.73. The van der Waals surface area contributed by atoms with Crippen LogP contribution in [-0.4, -0.2) is 13.7 Å². The molecule has 4 rings (SSSR count). The van der Waals surface area contributed by atoms with E-state index >= 15 is 0 Å². The Kier molecular flexibility index (Phi) is 3.89. The molecule has 2 aliphatic carbocycles. The third kappa shape index (κ3) is 2.36. The highest BCUT2D eigenvalue weighted by atomic mass is 16.5. The second-order valence-corrected chi connectivity index (χ2v) is 7.70. The van der Waals surface area contributed by atoms with Crippen molar-refractivity contribution in [1.29, 1.82) is 0 Å². The zero-order valence-electron chi connectivity index (χ0n) is 13.9. The first-order valence-corrected chi connectivity index (χ1v) is 9.24. The van der Waals surface area contributed by atoms with Crippen LogP contribution in [0.5, 0.6) is 5.75 Å². The van der Waals surface area contributed by atoms with Crippen molar-refractivity contribution in [2.75, 3.05) is 13.7 Å². The summed E-state index contributed by atoms with van der Waals surface area (Å²) >= 11 is 0. The van der Waals surface area contributed by atoms with Crippen LogP contribution in [0.2, 0.25) is 0 Å². The van der Waals surface area contributed by atoms with E-state index in [1.165, 1.54) is 64.3 Å². The molecule has 0 radical (unpaired) electrons. The average molecular weight is 299 g/mol. The van der Waals surface area contributed by atoms with Gasteiger partial charge >= 0.3 is 0 Å². The second kappa shape index (κ2) is 5.88. The lowest BCUT2D eigenvalue weighted by molar-refractivity contribution is 0.231. The fraction of sp³-hybridized carbons (Fsp3) is 0.700. The number of methoxy groups -OCH3 is 1. The Morgan fingerprint density at radius 3 is 2.55 bits per heavy atom. The van der Waals surface area contributed by atoms with E-state index in [0.717, 1.165) is 11.7 Å². The Morgan fingerprint density at radius 1 is 1.05 bits per heavy atom. The first kappa shape index (κ1) is 14.6. The summed E-state index contributed by atoms with van der Waals surface area (Å²) in [5, 5.41) is 3.97. The third-order valence-electron chi connectivity index (χ3n) is 6.51. The third-order valence-corrected chi connectivity index (χ3v) is 6.51. The summed E-state index contributed by atoms with van der Waals surface area (Å²) in [5.74, 6) is 1.87. The van der Waals surface area contributed by atoms with Gasteiger partial charge in [0.05, 0.1) is 7.11 Å². The summed E-state index contributed by atoms with van der Waals surface area (Å²) in [7, 11) is 1.79. The quantitative estimate of drug-likeness (QED) is 0.852. The molecule has 0 bridgehead atoms. The van der Waals surface area contributed by atoms with Crippen molar-refractivity contribution in [3.05, 3.63) is 29.3 Å². The molecule has 0 aromatic heterocycles. The van der Waals surface area contributed by atoms with Crippen molar-refractivity contribution >= 4 is 0 Å². The molecule has 0 saturated heterocycles. The molecule has 1 unspecified atom stereocenters. The summed E-state index contributed by atoms with van der Waals surface area (Å²) in [5.41, 5.74) is 3.58. The molecule has 1 N–H and O–H groups in total. The van der Waals surface area contributed by atoms with Gasteiger partial charge in [-0.25, -0.2) is 0 Å². The molecule has 1 atom stereocenters. The van der Waals surface area contributed by atoms with E-state index in [2.05, 4.69) is 23.5 Å². The van der Waals surface area contributed by atoms with Crippen LogP contribution < -0.4 is 10.1 Å². The van der Waals surface area contributed by atoms with Gasteiger partial charge in [0.25, 0.3) is 0 Å². The number of benzene rings is 1. The van der Waals surface area contributed by atoms with Crippen molar-refractivity contribution in [3.8, 4) is 5.75 Å². The monoisotopic (exact) mass is 299 g/mol. The number of hydrogen-bond donors (Lipinski definition) is 1. The van der Waals surface area contributed by atoms with E-state index in [1.807, 2.05) is 0 Å². The largest absolute Gasteiger partial charge is 0.497 e. The van der Waals surface area contributed by atoms with Gasteiger partial charge in [0.1, 0.15) is 5.75 Å². The predicted molar refractivity (Wildman–Crippen MR) is 90.5 cm³/mol. The Hall–Kier alpha value is -1.02. The number of rotatable bonds is 2. The Labute approximate surface area is 134 Å². The van der Waals surface area contributed by atoms with Gasteiger partial charge in [-0.2, -0.15) is 0 Å². The SMILES string of the molecule is COc1ccc2c(c1)C1(CCCC1)CNC2C1CCCCC1. The van der Waals surface area contributed by atoms with Crippen LogP contribution >= 0.6 is 0 Å². The lowest BCUT2D eigenvalue weighted by atomic mass is 9.69. The molecule has 1 spiro atoms. The standard InChI is InChI=1S/C20H29NO/c1-22-16-9-10-17-18(13-16)20(11-5-6-12-20)14-21-19(17)15-7-3-2-4-8-15/h9-10,13,15,19,21H,2-8,11-12,14H2,1H3. The zero-order valence-corrected chi connectivity index (χ0v) is 13.9. The maximum atomic E-state index is 5.54. The molecular formula is C20H29NO. The molecule has 1 aromatic carbocycles. The fourth-order valence-corrected chi connectivity index (χ4v) is 5.29. The van der Waals surface area contributed by atoms with Crippen molar-refractivity contribution < 1.29 is 4.74 Å². The van der Waals surface area contributed by atoms with Crippen LogP contribution in [0.4, 0.5) is 0 Å². The molecule has 2 nitrogen and oxygen atoms in total. The van der Waals surface area contributed by atoms with Gasteiger partial charge in [-0.15, -0.1) is 0 Å². The molecular weight excluding hydrogens is 270 g/mol. The van der Waals surface area contributed by atoms with Crippen molar-refractivity contribution in [2.24, 2.45) is 5.92 Å². The summed E-state index contributed by atoms with van der Waals surface area (Å²) in [4.78, 5) is 0. The molecule has 1 aromatic rings. The summed E-state index contributed by atoms with van der Waals surface area (Å²) < 4.78 is 5.54. The Morgan fingerprint density at radius 2 is 1.82 bits per heavy atom. The fourth-order valence-electron chi connectivity index (χ4n) is 5.29. The van der Waals surface area contributed by atoms with Crippen molar-refractivity contribution in [3.63, 3.8) is 0 Å². The average Bonchev–Trinajstić information content (AvgIpc) is 3.05. The molecule has 0 amide bonds. The minimum absolute atomic E-state index is 0.384. The van der Waals surface area contributed by atoms with Crippen molar-refractivity contribution in [1.82, 2.24) is 5.32 Å². The van der Waals surface area contributed by atoms with E-state index in [-0.39, 0.29) is 0 Å². The topological polar surface area (TPSA) is 21.3 Å². The van der Waals surface area contributed by atoms with E-state index in [0.29, 0.717) is 11.5 Å². The van der Waals surface area contributed by atoms with Crippen LogP contribution in [0.15, 0.2) is 18.2 Å².